The molecule has 0 heterocycles. The van der Waals surface area contributed by atoms with Gasteiger partial charge in [-0.1, -0.05) is 67.6 Å². The third-order valence-corrected chi connectivity index (χ3v) is 5.42. The molecule has 3 rings (SSSR count). The molecule has 0 aliphatic carbocycles. The number of carbonyl (C=O) groups is 1. The van der Waals surface area contributed by atoms with Gasteiger partial charge in [0.05, 0.1) is 5.02 Å². The highest BCUT2D eigenvalue weighted by atomic mass is 35.5. The van der Waals surface area contributed by atoms with E-state index in [1.165, 1.54) is 12.8 Å². The van der Waals surface area contributed by atoms with E-state index >= 15 is 0 Å². The van der Waals surface area contributed by atoms with Crippen LogP contribution in [0.25, 0.3) is 0 Å². The first kappa shape index (κ1) is 21.4. The second-order valence-corrected chi connectivity index (χ2v) is 7.82. The van der Waals surface area contributed by atoms with Crippen LogP contribution in [0.15, 0.2) is 66.7 Å². The fraction of sp³-hybridized carbons (Fsp3) is 0.240. The molecular formula is C25H24Cl2O2. The summed E-state index contributed by atoms with van der Waals surface area (Å²) in [5.74, 6) is 1.28. The Morgan fingerprint density at radius 2 is 1.55 bits per heavy atom. The maximum Gasteiger partial charge on any atom is 0.194 e. The Balaban J connectivity index is 1.76. The van der Waals surface area contributed by atoms with Crippen molar-refractivity contribution in [2.75, 3.05) is 0 Å². The van der Waals surface area contributed by atoms with Gasteiger partial charge < -0.3 is 4.74 Å². The minimum atomic E-state index is -0.140. The molecule has 0 unspecified atom stereocenters. The summed E-state index contributed by atoms with van der Waals surface area (Å²) < 4.78 is 5.79. The number of unbranched alkanes of at least 4 members (excludes halogenated alkanes) is 3. The van der Waals surface area contributed by atoms with Crippen molar-refractivity contribution in [2.45, 2.75) is 39.0 Å². The SMILES string of the molecule is CCCCCCc1cc(Cl)cc(C(=O)c2ccc(Oc3ccccc3)cc2)c1Cl. The lowest BCUT2D eigenvalue weighted by atomic mass is 9.98. The summed E-state index contributed by atoms with van der Waals surface area (Å²) in [7, 11) is 0. The molecule has 0 spiro atoms. The number of hydrogen-bond donors (Lipinski definition) is 0. The fourth-order valence-electron chi connectivity index (χ4n) is 3.19. The zero-order valence-corrected chi connectivity index (χ0v) is 18.0. The molecule has 0 saturated carbocycles. The van der Waals surface area contributed by atoms with Gasteiger partial charge in [-0.15, -0.1) is 0 Å². The first-order valence-electron chi connectivity index (χ1n) is 9.94. The van der Waals surface area contributed by atoms with Gasteiger partial charge in [0.15, 0.2) is 5.78 Å². The number of rotatable bonds is 9. The lowest BCUT2D eigenvalue weighted by Gasteiger charge is -2.11. The van der Waals surface area contributed by atoms with Crippen LogP contribution in [0.1, 0.15) is 54.1 Å². The molecule has 3 aromatic carbocycles. The number of ketones is 1. The average molecular weight is 427 g/mol. The Labute approximate surface area is 182 Å². The second kappa shape index (κ2) is 10.5. The van der Waals surface area contributed by atoms with E-state index in [0.717, 1.165) is 30.6 Å². The number of halogens is 2. The third-order valence-electron chi connectivity index (χ3n) is 4.75. The van der Waals surface area contributed by atoms with Gasteiger partial charge in [0, 0.05) is 16.1 Å². The summed E-state index contributed by atoms with van der Waals surface area (Å²) in [5, 5.41) is 1.03. The topological polar surface area (TPSA) is 26.3 Å². The number of para-hydroxylation sites is 1. The third kappa shape index (κ3) is 5.85. The van der Waals surface area contributed by atoms with Gasteiger partial charge in [-0.3, -0.25) is 4.79 Å². The van der Waals surface area contributed by atoms with Crippen LogP contribution in [0.4, 0.5) is 0 Å². The minimum Gasteiger partial charge on any atom is -0.457 e. The molecule has 0 bridgehead atoms. The molecule has 0 radical (unpaired) electrons. The van der Waals surface area contributed by atoms with Crippen LogP contribution in [0.2, 0.25) is 10.0 Å². The average Bonchev–Trinajstić information content (AvgIpc) is 2.74. The van der Waals surface area contributed by atoms with Gasteiger partial charge in [0.1, 0.15) is 11.5 Å². The van der Waals surface area contributed by atoms with Gasteiger partial charge >= 0.3 is 0 Å². The Bertz CT molecular complexity index is 951. The van der Waals surface area contributed by atoms with Crippen LogP contribution < -0.4 is 4.74 Å². The number of carbonyl (C=O) groups excluding carboxylic acids is 1. The van der Waals surface area contributed by atoms with Crippen LogP contribution in [0, 0.1) is 0 Å². The number of benzene rings is 3. The van der Waals surface area contributed by atoms with E-state index in [4.69, 9.17) is 27.9 Å². The quantitative estimate of drug-likeness (QED) is 0.254. The van der Waals surface area contributed by atoms with Gasteiger partial charge in [-0.05, 0) is 66.9 Å². The summed E-state index contributed by atoms with van der Waals surface area (Å²) in [5.41, 5.74) is 1.93. The minimum absolute atomic E-state index is 0.140. The van der Waals surface area contributed by atoms with Crippen molar-refractivity contribution < 1.29 is 9.53 Å². The van der Waals surface area contributed by atoms with Crippen molar-refractivity contribution in [3.63, 3.8) is 0 Å². The highest BCUT2D eigenvalue weighted by Crippen LogP contribution is 2.30. The van der Waals surface area contributed by atoms with E-state index in [0.29, 0.717) is 26.9 Å². The number of ether oxygens (including phenoxy) is 1. The lowest BCUT2D eigenvalue weighted by molar-refractivity contribution is 0.103. The molecule has 0 aromatic heterocycles. The van der Waals surface area contributed by atoms with Crippen LogP contribution in [-0.2, 0) is 6.42 Å². The summed E-state index contributed by atoms with van der Waals surface area (Å²) >= 11 is 12.9. The summed E-state index contributed by atoms with van der Waals surface area (Å²) in [6.07, 6.45) is 5.38. The van der Waals surface area contributed by atoms with Crippen molar-refractivity contribution in [2.24, 2.45) is 0 Å². The molecular weight excluding hydrogens is 403 g/mol. The van der Waals surface area contributed by atoms with Gasteiger partial charge in [0.25, 0.3) is 0 Å². The predicted molar refractivity (Wildman–Crippen MR) is 121 cm³/mol. The summed E-state index contributed by atoms with van der Waals surface area (Å²) in [6, 6.07) is 20.1. The first-order valence-corrected chi connectivity index (χ1v) is 10.7. The molecule has 2 nitrogen and oxygen atoms in total. The van der Waals surface area contributed by atoms with E-state index in [1.807, 2.05) is 36.4 Å². The summed E-state index contributed by atoms with van der Waals surface area (Å²) in [4.78, 5) is 13.0. The standard InChI is InChI=1S/C25H24Cl2O2/c1-2-3-4-6-9-19-16-20(26)17-23(24(19)27)25(28)18-12-14-22(15-13-18)29-21-10-7-5-8-11-21/h5,7-8,10-17H,2-4,6,9H2,1H3. The monoisotopic (exact) mass is 426 g/mol. The molecule has 0 saturated heterocycles. The lowest BCUT2D eigenvalue weighted by Crippen LogP contribution is -2.04. The van der Waals surface area contributed by atoms with E-state index < -0.39 is 0 Å². The molecule has 0 aliphatic rings. The summed E-state index contributed by atoms with van der Waals surface area (Å²) in [6.45, 7) is 2.18. The molecule has 150 valence electrons. The van der Waals surface area contributed by atoms with E-state index in [-0.39, 0.29) is 5.78 Å². The maximum atomic E-state index is 13.0. The van der Waals surface area contributed by atoms with Gasteiger partial charge in [-0.25, -0.2) is 0 Å². The van der Waals surface area contributed by atoms with Crippen LogP contribution in [0.3, 0.4) is 0 Å². The first-order chi connectivity index (χ1) is 14.1. The largest absolute Gasteiger partial charge is 0.457 e. The van der Waals surface area contributed by atoms with Crippen molar-refractivity contribution in [1.29, 1.82) is 0 Å². The van der Waals surface area contributed by atoms with Crippen molar-refractivity contribution in [3.8, 4) is 11.5 Å². The molecule has 0 atom stereocenters. The zero-order valence-electron chi connectivity index (χ0n) is 16.5. The Morgan fingerprint density at radius 3 is 2.24 bits per heavy atom. The Hall–Kier alpha value is -2.29. The predicted octanol–water partition coefficient (Wildman–Crippen LogP) is 8.14. The van der Waals surface area contributed by atoms with E-state index in [2.05, 4.69) is 6.92 Å². The highest BCUT2D eigenvalue weighted by molar-refractivity contribution is 6.37. The highest BCUT2D eigenvalue weighted by Gasteiger charge is 2.17. The van der Waals surface area contributed by atoms with Crippen molar-refractivity contribution in [3.05, 3.63) is 93.5 Å². The van der Waals surface area contributed by atoms with E-state index in [1.54, 1.807) is 30.3 Å². The van der Waals surface area contributed by atoms with Crippen molar-refractivity contribution >= 4 is 29.0 Å². The van der Waals surface area contributed by atoms with Gasteiger partial charge in [0.2, 0.25) is 0 Å². The van der Waals surface area contributed by atoms with Crippen LogP contribution in [-0.4, -0.2) is 5.78 Å². The second-order valence-electron chi connectivity index (χ2n) is 7.01. The number of aryl methyl sites for hydroxylation is 1. The Morgan fingerprint density at radius 1 is 0.862 bits per heavy atom. The molecule has 0 aliphatic heterocycles. The zero-order chi connectivity index (χ0) is 20.6. The van der Waals surface area contributed by atoms with Crippen LogP contribution in [0.5, 0.6) is 11.5 Å². The Kier molecular flexibility index (Phi) is 7.74. The van der Waals surface area contributed by atoms with Gasteiger partial charge in [-0.2, -0.15) is 0 Å². The fourth-order valence-corrected chi connectivity index (χ4v) is 3.72. The number of hydrogen-bond acceptors (Lipinski definition) is 2. The molecule has 4 heteroatoms. The molecule has 0 amide bonds. The smallest absolute Gasteiger partial charge is 0.194 e. The normalized spacial score (nSPS) is 10.7. The molecule has 29 heavy (non-hydrogen) atoms. The molecule has 0 fully saturated rings. The molecule has 3 aromatic rings. The van der Waals surface area contributed by atoms with E-state index in [9.17, 15) is 4.79 Å². The molecule has 0 N–H and O–H groups in total. The maximum absolute atomic E-state index is 13.0. The van der Waals surface area contributed by atoms with Crippen molar-refractivity contribution in [1.82, 2.24) is 0 Å². The van der Waals surface area contributed by atoms with Crippen LogP contribution >= 0.6 is 23.2 Å².